The van der Waals surface area contributed by atoms with E-state index < -0.39 is 0 Å². The summed E-state index contributed by atoms with van der Waals surface area (Å²) in [6.07, 6.45) is 0. The van der Waals surface area contributed by atoms with Crippen LogP contribution in [0.25, 0.3) is 10.4 Å². The van der Waals surface area contributed by atoms with E-state index in [4.69, 9.17) is 11.5 Å². The Kier molecular flexibility index (Phi) is 3.03. The molecule has 4 heteroatoms. The molecule has 0 unspecified atom stereocenters. The molecule has 0 saturated heterocycles. The van der Waals surface area contributed by atoms with E-state index in [1.165, 1.54) is 11.3 Å². The predicted octanol–water partition coefficient (Wildman–Crippen LogP) is 1.97. The lowest BCUT2D eigenvalue weighted by molar-refractivity contribution is 0.100. The van der Waals surface area contributed by atoms with E-state index in [0.29, 0.717) is 11.4 Å². The molecule has 0 bridgehead atoms. The van der Waals surface area contributed by atoms with Crippen molar-refractivity contribution in [2.24, 2.45) is 11.5 Å². The third-order valence-electron chi connectivity index (χ3n) is 2.30. The second-order valence-electron chi connectivity index (χ2n) is 3.43. The lowest BCUT2D eigenvalue weighted by Gasteiger charge is -2.00. The molecule has 1 aromatic carbocycles. The second-order valence-corrected chi connectivity index (χ2v) is 4.52. The molecule has 0 radical (unpaired) electrons. The minimum Gasteiger partial charge on any atom is -0.365 e. The molecule has 0 fully saturated rings. The van der Waals surface area contributed by atoms with Gasteiger partial charge < -0.3 is 11.5 Å². The number of rotatable bonds is 3. The van der Waals surface area contributed by atoms with Gasteiger partial charge in [-0.25, -0.2) is 0 Å². The zero-order valence-corrected chi connectivity index (χ0v) is 9.46. The minimum atomic E-state index is -0.383. The van der Waals surface area contributed by atoms with Crippen LogP contribution in [0.3, 0.4) is 0 Å². The summed E-state index contributed by atoms with van der Waals surface area (Å²) in [6, 6.07) is 11.6. The lowest BCUT2D eigenvalue weighted by Crippen LogP contribution is -2.07. The Morgan fingerprint density at radius 3 is 2.69 bits per heavy atom. The van der Waals surface area contributed by atoms with Gasteiger partial charge in [-0.3, -0.25) is 4.79 Å². The fourth-order valence-corrected chi connectivity index (χ4v) is 2.33. The first kappa shape index (κ1) is 10.9. The van der Waals surface area contributed by atoms with E-state index in [9.17, 15) is 4.79 Å². The van der Waals surface area contributed by atoms with E-state index in [1.54, 1.807) is 6.07 Å². The topological polar surface area (TPSA) is 69.1 Å². The van der Waals surface area contributed by atoms with Gasteiger partial charge in [0.1, 0.15) is 0 Å². The van der Waals surface area contributed by atoms with Crippen molar-refractivity contribution >= 4 is 17.2 Å². The number of carbonyl (C=O) groups excluding carboxylic acids is 1. The van der Waals surface area contributed by atoms with Crippen molar-refractivity contribution < 1.29 is 4.79 Å². The van der Waals surface area contributed by atoms with Crippen molar-refractivity contribution in [1.82, 2.24) is 0 Å². The van der Waals surface area contributed by atoms with Crippen LogP contribution in [-0.4, -0.2) is 5.91 Å². The quantitative estimate of drug-likeness (QED) is 0.849. The van der Waals surface area contributed by atoms with Crippen LogP contribution < -0.4 is 11.5 Å². The van der Waals surface area contributed by atoms with Crippen LogP contribution in [0.5, 0.6) is 0 Å². The predicted molar refractivity (Wildman–Crippen MR) is 66.2 cm³/mol. The van der Waals surface area contributed by atoms with Gasteiger partial charge in [0.15, 0.2) is 0 Å². The zero-order chi connectivity index (χ0) is 11.5. The third kappa shape index (κ3) is 2.13. The first-order valence-corrected chi connectivity index (χ1v) is 5.71. The van der Waals surface area contributed by atoms with Crippen molar-refractivity contribution in [3.8, 4) is 10.4 Å². The molecule has 0 aliphatic heterocycles. The Hall–Kier alpha value is -1.65. The van der Waals surface area contributed by atoms with Gasteiger partial charge in [0.05, 0.1) is 4.88 Å². The summed E-state index contributed by atoms with van der Waals surface area (Å²) in [4.78, 5) is 12.6. The highest BCUT2D eigenvalue weighted by Gasteiger charge is 2.06. The highest BCUT2D eigenvalue weighted by molar-refractivity contribution is 7.17. The SMILES string of the molecule is NCc1cccc(-c2ccc(C(N)=O)s2)c1. The summed E-state index contributed by atoms with van der Waals surface area (Å²) >= 11 is 1.40. The first-order valence-electron chi connectivity index (χ1n) is 4.89. The van der Waals surface area contributed by atoms with Crippen molar-refractivity contribution in [3.05, 3.63) is 46.8 Å². The molecule has 2 rings (SSSR count). The highest BCUT2D eigenvalue weighted by atomic mass is 32.1. The molecule has 16 heavy (non-hydrogen) atoms. The second kappa shape index (κ2) is 4.47. The van der Waals surface area contributed by atoms with Gasteiger partial charge in [0.2, 0.25) is 0 Å². The largest absolute Gasteiger partial charge is 0.365 e. The molecular formula is C12H12N2OS. The van der Waals surface area contributed by atoms with E-state index in [1.807, 2.05) is 30.3 Å². The van der Waals surface area contributed by atoms with E-state index >= 15 is 0 Å². The monoisotopic (exact) mass is 232 g/mol. The zero-order valence-electron chi connectivity index (χ0n) is 8.64. The van der Waals surface area contributed by atoms with Gasteiger partial charge >= 0.3 is 0 Å². The number of thiophene rings is 1. The van der Waals surface area contributed by atoms with Crippen LogP contribution in [0, 0.1) is 0 Å². The molecule has 0 saturated carbocycles. The summed E-state index contributed by atoms with van der Waals surface area (Å²) in [5.74, 6) is -0.383. The van der Waals surface area contributed by atoms with Gasteiger partial charge in [-0.1, -0.05) is 18.2 Å². The lowest BCUT2D eigenvalue weighted by atomic mass is 10.1. The van der Waals surface area contributed by atoms with Crippen LogP contribution in [0.4, 0.5) is 0 Å². The maximum absolute atomic E-state index is 11.0. The van der Waals surface area contributed by atoms with Crippen LogP contribution in [0.15, 0.2) is 36.4 Å². The summed E-state index contributed by atoms with van der Waals surface area (Å²) in [5.41, 5.74) is 12.9. The molecule has 2 aromatic rings. The van der Waals surface area contributed by atoms with Crippen molar-refractivity contribution in [1.29, 1.82) is 0 Å². The molecule has 3 nitrogen and oxygen atoms in total. The van der Waals surface area contributed by atoms with E-state index in [-0.39, 0.29) is 5.91 Å². The smallest absolute Gasteiger partial charge is 0.258 e. The molecule has 0 aliphatic carbocycles. The van der Waals surface area contributed by atoms with Gasteiger partial charge in [-0.15, -0.1) is 11.3 Å². The Balaban J connectivity index is 2.38. The Morgan fingerprint density at radius 1 is 1.25 bits per heavy atom. The molecule has 0 atom stereocenters. The maximum atomic E-state index is 11.0. The average molecular weight is 232 g/mol. The number of hydrogen-bond acceptors (Lipinski definition) is 3. The highest BCUT2D eigenvalue weighted by Crippen LogP contribution is 2.28. The van der Waals surface area contributed by atoms with Gasteiger partial charge in [-0.05, 0) is 29.3 Å². The number of carbonyl (C=O) groups is 1. The van der Waals surface area contributed by atoms with Gasteiger partial charge in [-0.2, -0.15) is 0 Å². The Labute approximate surface area is 97.7 Å². The average Bonchev–Trinajstić information content (AvgIpc) is 2.78. The number of nitrogens with two attached hydrogens (primary N) is 2. The van der Waals surface area contributed by atoms with Gasteiger partial charge in [0, 0.05) is 11.4 Å². The fraction of sp³-hybridized carbons (Fsp3) is 0.0833. The Bertz CT molecular complexity index is 519. The van der Waals surface area contributed by atoms with Crippen molar-refractivity contribution in [2.75, 3.05) is 0 Å². The molecule has 0 spiro atoms. The molecule has 4 N–H and O–H groups in total. The molecule has 1 heterocycles. The van der Waals surface area contributed by atoms with Crippen molar-refractivity contribution in [2.45, 2.75) is 6.54 Å². The molecular weight excluding hydrogens is 220 g/mol. The molecule has 1 aromatic heterocycles. The van der Waals surface area contributed by atoms with E-state index in [2.05, 4.69) is 0 Å². The normalized spacial score (nSPS) is 10.3. The number of amides is 1. The number of benzene rings is 1. The van der Waals surface area contributed by atoms with Crippen LogP contribution in [0.2, 0.25) is 0 Å². The number of hydrogen-bond donors (Lipinski definition) is 2. The first-order chi connectivity index (χ1) is 7.70. The Morgan fingerprint density at radius 2 is 2.06 bits per heavy atom. The van der Waals surface area contributed by atoms with E-state index in [0.717, 1.165) is 16.0 Å². The van der Waals surface area contributed by atoms with Crippen LogP contribution >= 0.6 is 11.3 Å². The summed E-state index contributed by atoms with van der Waals surface area (Å²) in [6.45, 7) is 0.516. The molecule has 1 amide bonds. The summed E-state index contributed by atoms with van der Waals surface area (Å²) in [5, 5.41) is 0. The number of primary amides is 1. The van der Waals surface area contributed by atoms with Crippen molar-refractivity contribution in [3.63, 3.8) is 0 Å². The van der Waals surface area contributed by atoms with Gasteiger partial charge in [0.25, 0.3) is 5.91 Å². The maximum Gasteiger partial charge on any atom is 0.258 e. The third-order valence-corrected chi connectivity index (χ3v) is 3.44. The molecule has 82 valence electrons. The van der Waals surface area contributed by atoms with Crippen LogP contribution in [0.1, 0.15) is 15.2 Å². The fourth-order valence-electron chi connectivity index (χ4n) is 1.48. The minimum absolute atomic E-state index is 0.383. The summed E-state index contributed by atoms with van der Waals surface area (Å²) in [7, 11) is 0. The van der Waals surface area contributed by atoms with Crippen LogP contribution in [-0.2, 0) is 6.54 Å². The molecule has 0 aliphatic rings. The summed E-state index contributed by atoms with van der Waals surface area (Å²) < 4.78 is 0. The standard InChI is InChI=1S/C12H12N2OS/c13-7-8-2-1-3-9(6-8)10-4-5-11(16-10)12(14)15/h1-6H,7,13H2,(H2,14,15).